The zero-order valence-corrected chi connectivity index (χ0v) is 17.3. The molecule has 1 saturated carbocycles. The molecule has 8 heteroatoms. The Bertz CT molecular complexity index is 711. The Morgan fingerprint density at radius 3 is 2.62 bits per heavy atom. The van der Waals surface area contributed by atoms with Crippen LogP contribution in [0.25, 0.3) is 0 Å². The highest BCUT2D eigenvalue weighted by Crippen LogP contribution is 2.35. The first-order valence-electron chi connectivity index (χ1n) is 10.9. The van der Waals surface area contributed by atoms with Crippen molar-refractivity contribution in [1.82, 2.24) is 20.3 Å². The van der Waals surface area contributed by atoms with Crippen LogP contribution in [-0.4, -0.2) is 78.2 Å². The molecule has 8 nitrogen and oxygen atoms in total. The van der Waals surface area contributed by atoms with Crippen LogP contribution in [-0.2, 0) is 20.7 Å². The second-order valence-corrected chi connectivity index (χ2v) is 8.64. The number of aryl methyl sites for hydroxylation is 1. The van der Waals surface area contributed by atoms with Gasteiger partial charge in [-0.25, -0.2) is 0 Å². The van der Waals surface area contributed by atoms with Crippen molar-refractivity contribution in [2.24, 2.45) is 5.92 Å². The first-order chi connectivity index (χ1) is 14.1. The fourth-order valence-electron chi connectivity index (χ4n) is 4.45. The van der Waals surface area contributed by atoms with Crippen LogP contribution < -0.4 is 5.32 Å². The molecular formula is C21H32N4O4. The van der Waals surface area contributed by atoms with Crippen molar-refractivity contribution in [1.29, 1.82) is 0 Å². The van der Waals surface area contributed by atoms with E-state index in [1.54, 1.807) is 6.07 Å². The van der Waals surface area contributed by atoms with Gasteiger partial charge in [0, 0.05) is 50.7 Å². The van der Waals surface area contributed by atoms with Crippen LogP contribution in [0.2, 0.25) is 0 Å². The summed E-state index contributed by atoms with van der Waals surface area (Å²) in [6, 6.07) is 2.38. The van der Waals surface area contributed by atoms with Crippen molar-refractivity contribution in [3.8, 4) is 0 Å². The molecule has 0 unspecified atom stereocenters. The van der Waals surface area contributed by atoms with Crippen LogP contribution in [0.3, 0.4) is 0 Å². The molecule has 1 N–H and O–H groups in total. The van der Waals surface area contributed by atoms with Crippen LogP contribution >= 0.6 is 0 Å². The number of hydrogen-bond acceptors (Lipinski definition) is 6. The van der Waals surface area contributed by atoms with E-state index in [2.05, 4.69) is 15.4 Å². The summed E-state index contributed by atoms with van der Waals surface area (Å²) in [5.41, 5.74) is 0.784. The molecule has 0 bridgehead atoms. The van der Waals surface area contributed by atoms with E-state index in [9.17, 15) is 9.59 Å². The molecule has 1 aromatic heterocycles. The molecular weight excluding hydrogens is 372 g/mol. The number of nitrogens with zero attached hydrogens (tertiary/aromatic N) is 3. The van der Waals surface area contributed by atoms with Gasteiger partial charge in [0.25, 0.3) is 0 Å². The van der Waals surface area contributed by atoms with E-state index in [-0.39, 0.29) is 24.3 Å². The first-order valence-corrected chi connectivity index (χ1v) is 10.9. The SMILES string of the molecule is Cc1cc(CC(=O)NC[C@@H]2CC[C@H](CC(=O)N3CCOCC3)N2CC2CC2)on1. The molecule has 2 aliphatic heterocycles. The van der Waals surface area contributed by atoms with Gasteiger partial charge in [0.2, 0.25) is 11.8 Å². The molecule has 3 heterocycles. The minimum Gasteiger partial charge on any atom is -0.378 e. The maximum atomic E-state index is 12.7. The van der Waals surface area contributed by atoms with Gasteiger partial charge in [0.05, 0.1) is 25.3 Å². The lowest BCUT2D eigenvalue weighted by molar-refractivity contribution is -0.136. The van der Waals surface area contributed by atoms with Gasteiger partial charge in [-0.15, -0.1) is 0 Å². The molecule has 2 atom stereocenters. The molecule has 0 spiro atoms. The van der Waals surface area contributed by atoms with Gasteiger partial charge in [-0.2, -0.15) is 0 Å². The second kappa shape index (κ2) is 9.26. The molecule has 29 heavy (non-hydrogen) atoms. The molecule has 2 amide bonds. The molecule has 4 rings (SSSR count). The average molecular weight is 405 g/mol. The van der Waals surface area contributed by atoms with Crippen molar-refractivity contribution < 1.29 is 18.8 Å². The van der Waals surface area contributed by atoms with Gasteiger partial charge in [0.15, 0.2) is 0 Å². The topological polar surface area (TPSA) is 87.9 Å². The maximum absolute atomic E-state index is 12.7. The molecule has 0 aromatic carbocycles. The highest BCUT2D eigenvalue weighted by atomic mass is 16.5. The van der Waals surface area contributed by atoms with Crippen LogP contribution in [0.5, 0.6) is 0 Å². The maximum Gasteiger partial charge on any atom is 0.227 e. The standard InChI is InChI=1S/C21H32N4O4/c1-15-10-19(29-23-15)12-20(26)22-13-18-5-4-17(25(18)14-16-2-3-16)11-21(27)24-6-8-28-9-7-24/h10,16-18H,2-9,11-14H2,1H3,(H,22,26)/t17-,18+/m1/s1. The number of amides is 2. The summed E-state index contributed by atoms with van der Waals surface area (Å²) in [4.78, 5) is 29.5. The third kappa shape index (κ3) is 5.57. The summed E-state index contributed by atoms with van der Waals surface area (Å²) >= 11 is 0. The van der Waals surface area contributed by atoms with E-state index in [0.29, 0.717) is 51.1 Å². The van der Waals surface area contributed by atoms with E-state index in [1.165, 1.54) is 12.8 Å². The van der Waals surface area contributed by atoms with Gasteiger partial charge in [-0.1, -0.05) is 5.16 Å². The normalized spacial score (nSPS) is 25.3. The summed E-state index contributed by atoms with van der Waals surface area (Å²) in [7, 11) is 0. The fraction of sp³-hybridized carbons (Fsp3) is 0.762. The number of morpholine rings is 1. The van der Waals surface area contributed by atoms with E-state index in [0.717, 1.165) is 31.0 Å². The third-order valence-corrected chi connectivity index (χ3v) is 6.26. The van der Waals surface area contributed by atoms with E-state index in [4.69, 9.17) is 9.26 Å². The molecule has 3 aliphatic rings. The van der Waals surface area contributed by atoms with Crippen LogP contribution in [0, 0.1) is 12.8 Å². The lowest BCUT2D eigenvalue weighted by Gasteiger charge is -2.33. The predicted octanol–water partition coefficient (Wildman–Crippen LogP) is 1.13. The smallest absolute Gasteiger partial charge is 0.227 e. The summed E-state index contributed by atoms with van der Waals surface area (Å²) in [5.74, 6) is 1.55. The van der Waals surface area contributed by atoms with E-state index < -0.39 is 0 Å². The predicted molar refractivity (Wildman–Crippen MR) is 106 cm³/mol. The number of hydrogen-bond donors (Lipinski definition) is 1. The van der Waals surface area contributed by atoms with Gasteiger partial charge < -0.3 is 19.5 Å². The largest absolute Gasteiger partial charge is 0.378 e. The van der Waals surface area contributed by atoms with Crippen molar-refractivity contribution in [2.45, 2.75) is 57.5 Å². The monoisotopic (exact) mass is 404 g/mol. The minimum atomic E-state index is -0.0413. The van der Waals surface area contributed by atoms with Crippen molar-refractivity contribution in [3.05, 3.63) is 17.5 Å². The van der Waals surface area contributed by atoms with E-state index in [1.807, 2.05) is 11.8 Å². The average Bonchev–Trinajstić information content (AvgIpc) is 3.34. The quantitative estimate of drug-likeness (QED) is 0.699. The Morgan fingerprint density at radius 1 is 1.17 bits per heavy atom. The highest BCUT2D eigenvalue weighted by Gasteiger charge is 2.38. The molecule has 3 fully saturated rings. The van der Waals surface area contributed by atoms with Crippen molar-refractivity contribution in [3.63, 3.8) is 0 Å². The van der Waals surface area contributed by atoms with Crippen molar-refractivity contribution in [2.75, 3.05) is 39.4 Å². The third-order valence-electron chi connectivity index (χ3n) is 6.26. The van der Waals surface area contributed by atoms with Gasteiger partial charge >= 0.3 is 0 Å². The lowest BCUT2D eigenvalue weighted by atomic mass is 10.1. The zero-order chi connectivity index (χ0) is 20.2. The first kappa shape index (κ1) is 20.3. The number of carbonyl (C=O) groups is 2. The van der Waals surface area contributed by atoms with E-state index >= 15 is 0 Å². The Kier molecular flexibility index (Phi) is 6.50. The van der Waals surface area contributed by atoms with Gasteiger partial charge in [-0.3, -0.25) is 14.5 Å². The lowest BCUT2D eigenvalue weighted by Crippen LogP contribution is -2.47. The number of nitrogens with one attached hydrogen (secondary N) is 1. The summed E-state index contributed by atoms with van der Waals surface area (Å²) < 4.78 is 10.5. The Morgan fingerprint density at radius 2 is 1.93 bits per heavy atom. The number of rotatable bonds is 8. The molecule has 0 radical (unpaired) electrons. The number of likely N-dealkylation sites (tertiary alicyclic amines) is 1. The minimum absolute atomic E-state index is 0.0413. The summed E-state index contributed by atoms with van der Waals surface area (Å²) in [5, 5.41) is 6.89. The van der Waals surface area contributed by atoms with Gasteiger partial charge in [0.1, 0.15) is 5.76 Å². The zero-order valence-electron chi connectivity index (χ0n) is 17.3. The van der Waals surface area contributed by atoms with Gasteiger partial charge in [-0.05, 0) is 38.5 Å². The molecule has 1 aromatic rings. The summed E-state index contributed by atoms with van der Waals surface area (Å²) in [6.45, 7) is 6.20. The van der Waals surface area contributed by atoms with Crippen LogP contribution in [0.4, 0.5) is 0 Å². The molecule has 1 aliphatic carbocycles. The summed E-state index contributed by atoms with van der Waals surface area (Å²) in [6.07, 6.45) is 5.40. The van der Waals surface area contributed by atoms with Crippen LogP contribution in [0.15, 0.2) is 10.6 Å². The Hall–Kier alpha value is -1.93. The fourth-order valence-corrected chi connectivity index (χ4v) is 4.45. The highest BCUT2D eigenvalue weighted by molar-refractivity contribution is 5.78. The second-order valence-electron chi connectivity index (χ2n) is 8.64. The number of aromatic nitrogens is 1. The molecule has 160 valence electrons. The molecule has 2 saturated heterocycles. The Balaban J connectivity index is 1.29. The Labute approximate surface area is 171 Å². The number of ether oxygens (including phenoxy) is 1. The number of carbonyl (C=O) groups excluding carboxylic acids is 2. The van der Waals surface area contributed by atoms with Crippen LogP contribution in [0.1, 0.15) is 43.6 Å². The van der Waals surface area contributed by atoms with Crippen molar-refractivity contribution >= 4 is 11.8 Å².